The van der Waals surface area contributed by atoms with Crippen LogP contribution in [-0.2, 0) is 20.7 Å². The van der Waals surface area contributed by atoms with Gasteiger partial charge in [-0.05, 0) is 103 Å². The van der Waals surface area contributed by atoms with Crippen LogP contribution in [0.5, 0.6) is 0 Å². The summed E-state index contributed by atoms with van der Waals surface area (Å²) in [5, 5.41) is 4.93. The summed E-state index contributed by atoms with van der Waals surface area (Å²) in [5.41, 5.74) is 6.66. The Balaban J connectivity index is 0.951. The molecular weight excluding hydrogens is 767 g/mol. The van der Waals surface area contributed by atoms with Crippen LogP contribution in [0.4, 0.5) is 9.59 Å². The van der Waals surface area contributed by atoms with Crippen molar-refractivity contribution in [1.82, 2.24) is 35.1 Å². The highest BCUT2D eigenvalue weighted by Gasteiger charge is 2.40. The Morgan fingerprint density at radius 3 is 2.05 bits per heavy atom. The minimum atomic E-state index is -0.684. The van der Waals surface area contributed by atoms with Crippen LogP contribution in [-0.4, -0.2) is 79.7 Å². The van der Waals surface area contributed by atoms with E-state index in [0.717, 1.165) is 81.7 Å². The molecule has 0 bridgehead atoms. The number of imidazole rings is 2. The fraction of sp³-hybridized carbons (Fsp3) is 0.367. The number of fused-ring (bicyclic) bond motifs is 1. The van der Waals surface area contributed by atoms with E-state index in [-0.39, 0.29) is 35.9 Å². The number of aromatic amines is 2. The van der Waals surface area contributed by atoms with Crippen LogP contribution in [0.15, 0.2) is 103 Å². The molecule has 2 saturated heterocycles. The Morgan fingerprint density at radius 1 is 0.787 bits per heavy atom. The van der Waals surface area contributed by atoms with E-state index >= 15 is 0 Å². The second-order valence-corrected chi connectivity index (χ2v) is 17.7. The number of likely N-dealkylation sites (tertiary alicyclic amines) is 2. The molecular formula is C49H55N7O5. The van der Waals surface area contributed by atoms with Gasteiger partial charge >= 0.3 is 12.2 Å². The third-order valence-corrected chi connectivity index (χ3v) is 11.8. The number of hydrogen-bond donors (Lipinski definition) is 3. The Hall–Kier alpha value is -6.43. The summed E-state index contributed by atoms with van der Waals surface area (Å²) in [5.74, 6) is 1.56. The summed E-state index contributed by atoms with van der Waals surface area (Å²) in [7, 11) is 1.30. The molecule has 4 aromatic carbocycles. The standard InChI is InChI=1S/C49H55N7O5/c1-30(2)43(54-47(58)60-6)46(57)55-22-10-13-41(55)44-50-28-40(53-44)38-21-20-36-25-35(18-19-37(36)26-38)33-14-16-34(17-15-33)39-27-51-45(52-39)42-24-32(23-31-11-8-7-9-12-31)29-56(42)48(59)61-49(3,4)5/h7-9,11-12,14-21,25-28,30,32,41-43H,10,13,22-24,29H2,1-6H3,(H,50,53)(H,51,52)(H,54,58)/t32-,41+,42+,43?/m1/s1. The van der Waals surface area contributed by atoms with Gasteiger partial charge in [0.05, 0.1) is 43.0 Å². The molecule has 2 aromatic heterocycles. The topological polar surface area (TPSA) is 146 Å². The number of methoxy groups -OCH3 is 1. The third kappa shape index (κ3) is 9.18. The van der Waals surface area contributed by atoms with Gasteiger partial charge in [-0.1, -0.05) is 92.7 Å². The number of ether oxygens (including phenoxy) is 2. The maximum atomic E-state index is 13.6. The van der Waals surface area contributed by atoms with Gasteiger partial charge in [0.25, 0.3) is 0 Å². The average Bonchev–Trinajstić information content (AvgIpc) is 4.09. The number of hydrogen-bond acceptors (Lipinski definition) is 7. The predicted octanol–water partition coefficient (Wildman–Crippen LogP) is 9.87. The van der Waals surface area contributed by atoms with Crippen molar-refractivity contribution >= 4 is 28.9 Å². The number of amides is 3. The largest absolute Gasteiger partial charge is 0.453 e. The Morgan fingerprint density at radius 2 is 1.39 bits per heavy atom. The summed E-state index contributed by atoms with van der Waals surface area (Å²) in [6.07, 6.45) is 6.08. The lowest BCUT2D eigenvalue weighted by atomic mass is 9.96. The molecule has 2 fully saturated rings. The Kier molecular flexibility index (Phi) is 11.7. The highest BCUT2D eigenvalue weighted by molar-refractivity contribution is 5.91. The van der Waals surface area contributed by atoms with E-state index in [1.807, 2.05) is 62.9 Å². The van der Waals surface area contributed by atoms with E-state index in [4.69, 9.17) is 19.4 Å². The third-order valence-electron chi connectivity index (χ3n) is 11.8. The highest BCUT2D eigenvalue weighted by atomic mass is 16.6. The van der Waals surface area contributed by atoms with E-state index in [2.05, 4.69) is 100 Å². The zero-order chi connectivity index (χ0) is 42.8. The van der Waals surface area contributed by atoms with Crippen LogP contribution in [0.1, 0.15) is 83.2 Å². The lowest BCUT2D eigenvalue weighted by molar-refractivity contribution is -0.135. The second-order valence-electron chi connectivity index (χ2n) is 17.7. The molecule has 12 heteroatoms. The van der Waals surface area contributed by atoms with Crippen LogP contribution in [0.2, 0.25) is 0 Å². The molecule has 1 unspecified atom stereocenters. The van der Waals surface area contributed by atoms with Crippen LogP contribution in [0, 0.1) is 11.8 Å². The zero-order valence-electron chi connectivity index (χ0n) is 35.8. The van der Waals surface area contributed by atoms with Crippen molar-refractivity contribution in [3.8, 4) is 33.6 Å². The van der Waals surface area contributed by atoms with Crippen molar-refractivity contribution in [2.75, 3.05) is 20.2 Å². The molecule has 8 rings (SSSR count). The number of alkyl carbamates (subject to hydrolysis) is 1. The van der Waals surface area contributed by atoms with Gasteiger partial charge in [-0.25, -0.2) is 19.6 Å². The summed E-state index contributed by atoms with van der Waals surface area (Å²) >= 11 is 0. The molecule has 61 heavy (non-hydrogen) atoms. The maximum Gasteiger partial charge on any atom is 0.410 e. The fourth-order valence-electron chi connectivity index (χ4n) is 8.73. The second kappa shape index (κ2) is 17.3. The van der Waals surface area contributed by atoms with E-state index in [1.54, 1.807) is 0 Å². The van der Waals surface area contributed by atoms with Gasteiger partial charge in [0.15, 0.2) is 0 Å². The normalized spacial score (nSPS) is 18.4. The molecule has 12 nitrogen and oxygen atoms in total. The molecule has 0 spiro atoms. The molecule has 0 radical (unpaired) electrons. The summed E-state index contributed by atoms with van der Waals surface area (Å²) in [4.78, 5) is 59.3. The highest BCUT2D eigenvalue weighted by Crippen LogP contribution is 2.38. The number of aromatic nitrogens is 4. The van der Waals surface area contributed by atoms with Crippen LogP contribution < -0.4 is 5.32 Å². The van der Waals surface area contributed by atoms with E-state index in [0.29, 0.717) is 13.1 Å². The van der Waals surface area contributed by atoms with Gasteiger partial charge < -0.3 is 29.7 Å². The van der Waals surface area contributed by atoms with Crippen molar-refractivity contribution in [2.45, 2.75) is 84.0 Å². The minimum Gasteiger partial charge on any atom is -0.453 e. The van der Waals surface area contributed by atoms with Crippen LogP contribution >= 0.6 is 0 Å². The van der Waals surface area contributed by atoms with Crippen LogP contribution in [0.25, 0.3) is 44.4 Å². The first-order chi connectivity index (χ1) is 29.3. The molecule has 3 amide bonds. The molecule has 0 saturated carbocycles. The van der Waals surface area contributed by atoms with Crippen LogP contribution in [0.3, 0.4) is 0 Å². The molecule has 3 N–H and O–H groups in total. The monoisotopic (exact) mass is 821 g/mol. The van der Waals surface area contributed by atoms with Gasteiger partial charge in [-0.15, -0.1) is 0 Å². The number of benzene rings is 4. The number of H-pyrrole nitrogens is 2. The van der Waals surface area contributed by atoms with E-state index in [9.17, 15) is 14.4 Å². The lowest BCUT2D eigenvalue weighted by Crippen LogP contribution is -2.51. The summed E-state index contributed by atoms with van der Waals surface area (Å²) < 4.78 is 10.6. The quantitative estimate of drug-likeness (QED) is 0.125. The van der Waals surface area contributed by atoms with E-state index in [1.165, 1.54) is 12.7 Å². The molecule has 4 heterocycles. The van der Waals surface area contributed by atoms with Crippen molar-refractivity contribution in [3.05, 3.63) is 121 Å². The van der Waals surface area contributed by atoms with Gasteiger partial charge in [-0.3, -0.25) is 9.69 Å². The zero-order valence-corrected chi connectivity index (χ0v) is 35.8. The molecule has 6 aromatic rings. The predicted molar refractivity (Wildman–Crippen MR) is 236 cm³/mol. The minimum absolute atomic E-state index is 0.101. The lowest BCUT2D eigenvalue weighted by Gasteiger charge is -2.30. The molecule has 0 aliphatic carbocycles. The SMILES string of the molecule is COC(=O)NC(C(=O)N1CCC[C@H]1c1ncc(-c2ccc3cc(-c4ccc(-c5cnc([C@@H]6C[C@@H](Cc7ccccc7)CN6C(=O)OC(C)(C)C)[nH]5)cc4)ccc3c2)[nH]1)C(C)C. The van der Waals surface area contributed by atoms with Gasteiger partial charge in [0, 0.05) is 18.7 Å². The number of carbonyl (C=O) groups excluding carboxylic acids is 3. The number of nitrogens with one attached hydrogen (secondary N) is 3. The van der Waals surface area contributed by atoms with Crippen molar-refractivity contribution in [3.63, 3.8) is 0 Å². The molecule has 316 valence electrons. The maximum absolute atomic E-state index is 13.6. The van der Waals surface area contributed by atoms with Gasteiger partial charge in [0.2, 0.25) is 5.91 Å². The Bertz CT molecular complexity index is 2500. The number of carbonyl (C=O) groups is 3. The summed E-state index contributed by atoms with van der Waals surface area (Å²) in [6.45, 7) is 10.7. The molecule has 2 aliphatic rings. The summed E-state index contributed by atoms with van der Waals surface area (Å²) in [6, 6.07) is 30.6. The molecule has 4 atom stereocenters. The fourth-order valence-corrected chi connectivity index (χ4v) is 8.73. The van der Waals surface area contributed by atoms with Crippen molar-refractivity contribution < 1.29 is 23.9 Å². The van der Waals surface area contributed by atoms with Gasteiger partial charge in [-0.2, -0.15) is 0 Å². The van der Waals surface area contributed by atoms with Crippen molar-refractivity contribution in [1.29, 1.82) is 0 Å². The average molecular weight is 822 g/mol. The smallest absolute Gasteiger partial charge is 0.410 e. The van der Waals surface area contributed by atoms with Gasteiger partial charge in [0.1, 0.15) is 23.3 Å². The molecule has 2 aliphatic heterocycles. The number of rotatable bonds is 10. The first-order valence-electron chi connectivity index (χ1n) is 21.3. The Labute approximate surface area is 357 Å². The number of nitrogens with zero attached hydrogens (tertiary/aromatic N) is 4. The first-order valence-corrected chi connectivity index (χ1v) is 21.3. The first kappa shape index (κ1) is 41.3. The van der Waals surface area contributed by atoms with E-state index < -0.39 is 17.7 Å². The van der Waals surface area contributed by atoms with Crippen molar-refractivity contribution in [2.24, 2.45) is 11.8 Å².